The molecule has 3 amide bonds. The highest BCUT2D eigenvalue weighted by atomic mass is 16.5. The first-order valence-electron chi connectivity index (χ1n) is 10.5. The van der Waals surface area contributed by atoms with Crippen LogP contribution in [0.5, 0.6) is 5.75 Å². The van der Waals surface area contributed by atoms with Gasteiger partial charge in [-0.2, -0.15) is 0 Å². The van der Waals surface area contributed by atoms with Gasteiger partial charge in [-0.1, -0.05) is 25.5 Å². The number of hydrogen-bond acceptors (Lipinski definition) is 6. The Morgan fingerprint density at radius 2 is 1.81 bits per heavy atom. The van der Waals surface area contributed by atoms with Gasteiger partial charge in [0.05, 0.1) is 23.2 Å². The van der Waals surface area contributed by atoms with Gasteiger partial charge in [0, 0.05) is 6.54 Å². The van der Waals surface area contributed by atoms with E-state index in [4.69, 9.17) is 9.47 Å². The highest BCUT2D eigenvalue weighted by Gasteiger charge is 2.35. The Balaban J connectivity index is 1.46. The van der Waals surface area contributed by atoms with Crippen molar-refractivity contribution in [2.24, 2.45) is 0 Å². The second-order valence-corrected chi connectivity index (χ2v) is 7.47. The molecule has 0 saturated carbocycles. The highest BCUT2D eigenvalue weighted by molar-refractivity contribution is 6.21. The monoisotopic (exact) mass is 438 g/mol. The van der Waals surface area contributed by atoms with Crippen LogP contribution in [0.25, 0.3) is 0 Å². The van der Waals surface area contributed by atoms with Gasteiger partial charge >= 0.3 is 5.97 Å². The van der Waals surface area contributed by atoms with Gasteiger partial charge < -0.3 is 14.8 Å². The zero-order valence-corrected chi connectivity index (χ0v) is 18.2. The lowest BCUT2D eigenvalue weighted by Gasteiger charge is -2.12. The van der Waals surface area contributed by atoms with Crippen LogP contribution in [0.3, 0.4) is 0 Å². The molecule has 2 aromatic rings. The van der Waals surface area contributed by atoms with Crippen molar-refractivity contribution in [3.05, 3.63) is 64.7 Å². The van der Waals surface area contributed by atoms with Crippen LogP contribution in [-0.2, 0) is 9.53 Å². The molecule has 168 valence electrons. The second kappa shape index (κ2) is 10.6. The molecule has 0 bridgehead atoms. The molecule has 0 atom stereocenters. The Bertz CT molecular complexity index is 1030. The molecule has 2 aromatic carbocycles. The molecule has 1 heterocycles. The van der Waals surface area contributed by atoms with Crippen LogP contribution in [0, 0.1) is 6.92 Å². The van der Waals surface area contributed by atoms with Crippen LogP contribution in [0.1, 0.15) is 56.4 Å². The highest BCUT2D eigenvalue weighted by Crippen LogP contribution is 2.24. The fourth-order valence-electron chi connectivity index (χ4n) is 3.27. The van der Waals surface area contributed by atoms with Crippen LogP contribution in [0.2, 0.25) is 0 Å². The zero-order valence-electron chi connectivity index (χ0n) is 18.2. The van der Waals surface area contributed by atoms with Gasteiger partial charge in [-0.25, -0.2) is 4.79 Å². The molecule has 1 aliphatic heterocycles. The van der Waals surface area contributed by atoms with Gasteiger partial charge in [-0.3, -0.25) is 19.3 Å². The van der Waals surface area contributed by atoms with Gasteiger partial charge in [0.1, 0.15) is 12.4 Å². The Kier molecular flexibility index (Phi) is 7.59. The molecule has 0 radical (unpaired) electrons. The smallest absolute Gasteiger partial charge is 0.338 e. The average molecular weight is 438 g/mol. The lowest BCUT2D eigenvalue weighted by atomic mass is 10.1. The molecule has 0 spiro atoms. The van der Waals surface area contributed by atoms with Crippen molar-refractivity contribution in [3.63, 3.8) is 0 Å². The number of imide groups is 1. The molecule has 0 unspecified atom stereocenters. The minimum absolute atomic E-state index is 0.109. The summed E-state index contributed by atoms with van der Waals surface area (Å²) in [5.41, 5.74) is 1.63. The maximum absolute atomic E-state index is 12.5. The number of benzene rings is 2. The number of hydrogen-bond donors (Lipinski definition) is 1. The summed E-state index contributed by atoms with van der Waals surface area (Å²) >= 11 is 0. The summed E-state index contributed by atoms with van der Waals surface area (Å²) in [6.45, 7) is 4.35. The number of ether oxygens (including phenoxy) is 2. The summed E-state index contributed by atoms with van der Waals surface area (Å²) in [5.74, 6) is -1.27. The molecule has 0 fully saturated rings. The van der Waals surface area contributed by atoms with Crippen LogP contribution in [0.15, 0.2) is 42.5 Å². The van der Waals surface area contributed by atoms with E-state index < -0.39 is 24.4 Å². The molecule has 0 aliphatic carbocycles. The van der Waals surface area contributed by atoms with Gasteiger partial charge in [-0.05, 0) is 49.2 Å². The van der Waals surface area contributed by atoms with Gasteiger partial charge in [0.15, 0.2) is 6.61 Å². The molecule has 1 N–H and O–H groups in total. The van der Waals surface area contributed by atoms with Crippen molar-refractivity contribution in [1.29, 1.82) is 0 Å². The molecule has 3 rings (SSSR count). The quantitative estimate of drug-likeness (QED) is 0.348. The number of esters is 1. The molecule has 8 nitrogen and oxygen atoms in total. The molecule has 1 aliphatic rings. The van der Waals surface area contributed by atoms with Crippen molar-refractivity contribution in [2.45, 2.75) is 26.7 Å². The summed E-state index contributed by atoms with van der Waals surface area (Å²) in [4.78, 5) is 50.3. The SMILES string of the molecule is CCCCN1C(=O)c2ccc(C(=O)OCC(=O)NCCOc3cccc(C)c3)cc2C1=O. The van der Waals surface area contributed by atoms with Crippen LogP contribution < -0.4 is 10.1 Å². The van der Waals surface area contributed by atoms with E-state index in [-0.39, 0.29) is 35.7 Å². The Labute approximate surface area is 186 Å². The summed E-state index contributed by atoms with van der Waals surface area (Å²) < 4.78 is 10.6. The van der Waals surface area contributed by atoms with E-state index in [9.17, 15) is 19.2 Å². The first-order valence-corrected chi connectivity index (χ1v) is 10.5. The van der Waals surface area contributed by atoms with Gasteiger partial charge in [0.2, 0.25) is 0 Å². The number of rotatable bonds is 10. The van der Waals surface area contributed by atoms with E-state index >= 15 is 0 Å². The largest absolute Gasteiger partial charge is 0.492 e. The Hall–Kier alpha value is -3.68. The third-order valence-corrected chi connectivity index (χ3v) is 4.96. The second-order valence-electron chi connectivity index (χ2n) is 7.47. The van der Waals surface area contributed by atoms with Crippen molar-refractivity contribution in [1.82, 2.24) is 10.2 Å². The molecular formula is C24H26N2O6. The van der Waals surface area contributed by atoms with E-state index in [0.717, 1.165) is 12.0 Å². The topological polar surface area (TPSA) is 102 Å². The van der Waals surface area contributed by atoms with E-state index in [1.54, 1.807) is 0 Å². The Morgan fingerprint density at radius 3 is 2.56 bits per heavy atom. The zero-order chi connectivity index (χ0) is 23.1. The predicted octanol–water partition coefficient (Wildman–Crippen LogP) is 2.74. The van der Waals surface area contributed by atoms with Crippen molar-refractivity contribution >= 4 is 23.7 Å². The summed E-state index contributed by atoms with van der Waals surface area (Å²) in [7, 11) is 0. The predicted molar refractivity (Wildman–Crippen MR) is 117 cm³/mol. The summed E-state index contributed by atoms with van der Waals surface area (Å²) in [5, 5.41) is 2.61. The third-order valence-electron chi connectivity index (χ3n) is 4.96. The van der Waals surface area contributed by atoms with Crippen molar-refractivity contribution < 1.29 is 28.7 Å². The number of unbranched alkanes of at least 4 members (excludes halogenated alkanes) is 1. The van der Waals surface area contributed by atoms with E-state index in [1.807, 2.05) is 38.1 Å². The molecule has 0 aromatic heterocycles. The van der Waals surface area contributed by atoms with Crippen LogP contribution in [-0.4, -0.2) is 54.9 Å². The lowest BCUT2D eigenvalue weighted by Crippen LogP contribution is -2.32. The Morgan fingerprint density at radius 1 is 1.03 bits per heavy atom. The number of amides is 3. The average Bonchev–Trinajstić information content (AvgIpc) is 3.02. The molecule has 8 heteroatoms. The maximum atomic E-state index is 12.5. The van der Waals surface area contributed by atoms with E-state index in [2.05, 4.69) is 5.32 Å². The van der Waals surface area contributed by atoms with Gasteiger partial charge in [0.25, 0.3) is 17.7 Å². The number of aryl methyl sites for hydroxylation is 1. The minimum atomic E-state index is -0.744. The van der Waals surface area contributed by atoms with E-state index in [1.165, 1.54) is 23.1 Å². The van der Waals surface area contributed by atoms with Crippen molar-refractivity contribution in [3.8, 4) is 5.75 Å². The first kappa shape index (κ1) is 23.0. The van der Waals surface area contributed by atoms with Crippen LogP contribution >= 0.6 is 0 Å². The third kappa shape index (κ3) is 5.51. The minimum Gasteiger partial charge on any atom is -0.492 e. The fourth-order valence-corrected chi connectivity index (χ4v) is 3.27. The molecular weight excluding hydrogens is 412 g/mol. The number of fused-ring (bicyclic) bond motifs is 1. The molecule has 32 heavy (non-hydrogen) atoms. The first-order chi connectivity index (χ1) is 15.4. The standard InChI is InChI=1S/C24H26N2O6/c1-3-4-11-26-22(28)19-9-8-17(14-20(19)23(26)29)24(30)32-15-21(27)25-10-12-31-18-7-5-6-16(2)13-18/h5-9,13-14H,3-4,10-12,15H2,1-2H3,(H,25,27). The number of nitrogens with zero attached hydrogens (tertiary/aromatic N) is 1. The number of nitrogens with one attached hydrogen (secondary N) is 1. The van der Waals surface area contributed by atoms with Gasteiger partial charge in [-0.15, -0.1) is 0 Å². The number of carbonyl (C=O) groups excluding carboxylic acids is 4. The maximum Gasteiger partial charge on any atom is 0.338 e. The molecule has 0 saturated heterocycles. The van der Waals surface area contributed by atoms with Crippen molar-refractivity contribution in [2.75, 3.05) is 26.3 Å². The summed E-state index contributed by atoms with van der Waals surface area (Å²) in [6.07, 6.45) is 1.57. The lowest BCUT2D eigenvalue weighted by molar-refractivity contribution is -0.124. The number of carbonyl (C=O) groups is 4. The summed E-state index contributed by atoms with van der Waals surface area (Å²) in [6, 6.07) is 11.8. The fraction of sp³-hybridized carbons (Fsp3) is 0.333. The van der Waals surface area contributed by atoms with Crippen LogP contribution in [0.4, 0.5) is 0 Å². The van der Waals surface area contributed by atoms with E-state index in [0.29, 0.717) is 18.7 Å². The normalized spacial score (nSPS) is 12.5.